The van der Waals surface area contributed by atoms with Crippen LogP contribution < -0.4 is 15.4 Å². The molecule has 1 heterocycles. The number of hydrogen-bond donors (Lipinski definition) is 1. The average Bonchev–Trinajstić information content (AvgIpc) is 2.73. The molecule has 1 saturated heterocycles. The smallest absolute Gasteiger partial charge is 0.414 e. The summed E-state index contributed by atoms with van der Waals surface area (Å²) in [6.07, 6.45) is -0.557. The highest BCUT2D eigenvalue weighted by Crippen LogP contribution is 2.27. The van der Waals surface area contributed by atoms with Crippen molar-refractivity contribution in [3.8, 4) is 5.75 Å². The minimum absolute atomic E-state index is 0.218. The highest BCUT2D eigenvalue weighted by Gasteiger charge is 2.31. The monoisotopic (exact) mass is 250 g/mol. The van der Waals surface area contributed by atoms with E-state index in [9.17, 15) is 4.79 Å². The van der Waals surface area contributed by atoms with Crippen molar-refractivity contribution in [2.75, 3.05) is 24.6 Å². The largest absolute Gasteiger partial charge is 0.494 e. The number of rotatable bonds is 4. The zero-order valence-corrected chi connectivity index (χ0v) is 10.7. The molecule has 1 amide bonds. The Bertz CT molecular complexity index is 448. The van der Waals surface area contributed by atoms with Crippen molar-refractivity contribution < 1.29 is 14.3 Å². The molecule has 2 rings (SSSR count). The summed E-state index contributed by atoms with van der Waals surface area (Å²) in [4.78, 5) is 13.3. The van der Waals surface area contributed by atoms with Crippen molar-refractivity contribution in [2.45, 2.75) is 20.0 Å². The van der Waals surface area contributed by atoms with E-state index in [0.29, 0.717) is 19.7 Å². The summed E-state index contributed by atoms with van der Waals surface area (Å²) in [5.41, 5.74) is 7.32. The van der Waals surface area contributed by atoms with Gasteiger partial charge in [-0.15, -0.1) is 0 Å². The van der Waals surface area contributed by atoms with Gasteiger partial charge in [-0.25, -0.2) is 4.79 Å². The van der Waals surface area contributed by atoms with Crippen LogP contribution in [0.1, 0.15) is 12.5 Å². The first-order valence-corrected chi connectivity index (χ1v) is 6.07. The molecule has 1 aromatic rings. The van der Waals surface area contributed by atoms with E-state index >= 15 is 0 Å². The van der Waals surface area contributed by atoms with E-state index in [4.69, 9.17) is 15.2 Å². The van der Waals surface area contributed by atoms with Crippen molar-refractivity contribution in [3.05, 3.63) is 23.8 Å². The van der Waals surface area contributed by atoms with Gasteiger partial charge in [0.05, 0.1) is 13.2 Å². The number of benzene rings is 1. The molecule has 2 N–H and O–H groups in total. The zero-order chi connectivity index (χ0) is 13.1. The van der Waals surface area contributed by atoms with Crippen LogP contribution in [-0.2, 0) is 4.74 Å². The number of aryl methyl sites for hydroxylation is 1. The second-order valence-electron chi connectivity index (χ2n) is 4.23. The van der Waals surface area contributed by atoms with E-state index < -0.39 is 0 Å². The lowest BCUT2D eigenvalue weighted by molar-refractivity contribution is 0.145. The van der Waals surface area contributed by atoms with E-state index in [1.807, 2.05) is 32.0 Å². The molecule has 0 aliphatic carbocycles. The zero-order valence-electron chi connectivity index (χ0n) is 10.7. The number of hydrogen-bond acceptors (Lipinski definition) is 4. The summed E-state index contributed by atoms with van der Waals surface area (Å²) in [5.74, 6) is 0.837. The van der Waals surface area contributed by atoms with Crippen molar-refractivity contribution in [1.82, 2.24) is 0 Å². The number of nitrogens with two attached hydrogens (primary N) is 1. The molecule has 1 aliphatic heterocycles. The van der Waals surface area contributed by atoms with Crippen LogP contribution >= 0.6 is 0 Å². The van der Waals surface area contributed by atoms with Crippen LogP contribution in [0.15, 0.2) is 18.2 Å². The number of nitrogens with zero attached hydrogens (tertiary/aromatic N) is 1. The molecular formula is C13H18N2O3. The number of carbonyl (C=O) groups excluding carboxylic acids is 1. The molecule has 1 atom stereocenters. The topological polar surface area (TPSA) is 64.8 Å². The molecule has 1 fully saturated rings. The van der Waals surface area contributed by atoms with Crippen LogP contribution in [-0.4, -0.2) is 31.9 Å². The normalized spacial score (nSPS) is 18.9. The van der Waals surface area contributed by atoms with Gasteiger partial charge in [0.2, 0.25) is 0 Å². The fourth-order valence-electron chi connectivity index (χ4n) is 1.97. The van der Waals surface area contributed by atoms with E-state index in [2.05, 4.69) is 0 Å². The van der Waals surface area contributed by atoms with Crippen molar-refractivity contribution in [3.63, 3.8) is 0 Å². The molecule has 1 aromatic carbocycles. The summed E-state index contributed by atoms with van der Waals surface area (Å²) < 4.78 is 10.6. The average molecular weight is 250 g/mol. The lowest BCUT2D eigenvalue weighted by atomic mass is 10.2. The first-order chi connectivity index (χ1) is 8.65. The number of cyclic esters (lactones) is 1. The van der Waals surface area contributed by atoms with Crippen LogP contribution in [0.5, 0.6) is 5.75 Å². The highest BCUT2D eigenvalue weighted by atomic mass is 16.6. The van der Waals surface area contributed by atoms with Crippen LogP contribution in [0.25, 0.3) is 0 Å². The maximum absolute atomic E-state index is 11.7. The Balaban J connectivity index is 2.19. The van der Waals surface area contributed by atoms with Gasteiger partial charge in [0.15, 0.2) is 0 Å². The Hall–Kier alpha value is -1.75. The Morgan fingerprint density at radius 2 is 2.33 bits per heavy atom. The van der Waals surface area contributed by atoms with Crippen molar-refractivity contribution in [2.24, 2.45) is 5.73 Å². The van der Waals surface area contributed by atoms with Crippen LogP contribution in [0.4, 0.5) is 10.5 Å². The first-order valence-electron chi connectivity index (χ1n) is 6.07. The van der Waals surface area contributed by atoms with Crippen LogP contribution in [0.2, 0.25) is 0 Å². The fourth-order valence-corrected chi connectivity index (χ4v) is 1.97. The predicted octanol–water partition coefficient (Wildman–Crippen LogP) is 1.68. The molecule has 0 bridgehead atoms. The summed E-state index contributed by atoms with van der Waals surface area (Å²) >= 11 is 0. The lowest BCUT2D eigenvalue weighted by Crippen LogP contribution is -2.27. The second-order valence-corrected chi connectivity index (χ2v) is 4.23. The third-order valence-corrected chi connectivity index (χ3v) is 2.91. The third kappa shape index (κ3) is 2.41. The molecule has 5 nitrogen and oxygen atoms in total. The molecule has 0 spiro atoms. The minimum atomic E-state index is -0.339. The summed E-state index contributed by atoms with van der Waals surface area (Å²) in [7, 11) is 0. The Morgan fingerprint density at radius 3 is 2.89 bits per heavy atom. The van der Waals surface area contributed by atoms with E-state index in [-0.39, 0.29) is 12.2 Å². The van der Waals surface area contributed by atoms with Gasteiger partial charge in [-0.05, 0) is 37.6 Å². The molecule has 98 valence electrons. The predicted molar refractivity (Wildman–Crippen MR) is 69.0 cm³/mol. The molecular weight excluding hydrogens is 232 g/mol. The lowest BCUT2D eigenvalue weighted by Gasteiger charge is -2.15. The number of ether oxygens (including phenoxy) is 2. The van der Waals surface area contributed by atoms with E-state index in [1.165, 1.54) is 0 Å². The van der Waals surface area contributed by atoms with Gasteiger partial charge in [0.25, 0.3) is 0 Å². The molecule has 0 aromatic heterocycles. The third-order valence-electron chi connectivity index (χ3n) is 2.91. The summed E-state index contributed by atoms with van der Waals surface area (Å²) in [5, 5.41) is 0. The van der Waals surface area contributed by atoms with Crippen molar-refractivity contribution >= 4 is 11.8 Å². The van der Waals surface area contributed by atoms with Gasteiger partial charge < -0.3 is 15.2 Å². The van der Waals surface area contributed by atoms with Gasteiger partial charge in [0, 0.05) is 12.2 Å². The van der Waals surface area contributed by atoms with Crippen LogP contribution in [0, 0.1) is 6.92 Å². The van der Waals surface area contributed by atoms with Gasteiger partial charge in [-0.2, -0.15) is 0 Å². The standard InChI is InChI=1S/C13H18N2O3/c1-3-17-12-5-4-10(6-9(12)2)15-8-11(7-14)18-13(15)16/h4-6,11H,3,7-8,14H2,1-2H3/t11-/m0/s1. The van der Waals surface area contributed by atoms with Crippen LogP contribution in [0.3, 0.4) is 0 Å². The summed E-state index contributed by atoms with van der Waals surface area (Å²) in [6.45, 7) is 5.37. The van der Waals surface area contributed by atoms with Gasteiger partial charge >= 0.3 is 6.09 Å². The molecule has 0 radical (unpaired) electrons. The minimum Gasteiger partial charge on any atom is -0.494 e. The molecule has 18 heavy (non-hydrogen) atoms. The van der Waals surface area contributed by atoms with Gasteiger partial charge in [-0.3, -0.25) is 4.90 Å². The highest BCUT2D eigenvalue weighted by molar-refractivity contribution is 5.90. The maximum atomic E-state index is 11.7. The first kappa shape index (κ1) is 12.7. The van der Waals surface area contributed by atoms with Crippen molar-refractivity contribution in [1.29, 1.82) is 0 Å². The molecule has 5 heteroatoms. The Kier molecular flexibility index (Phi) is 3.72. The van der Waals surface area contributed by atoms with Gasteiger partial charge in [0.1, 0.15) is 11.9 Å². The van der Waals surface area contributed by atoms with E-state index in [0.717, 1.165) is 17.0 Å². The SMILES string of the molecule is CCOc1ccc(N2C[C@H](CN)OC2=O)cc1C. The summed E-state index contributed by atoms with van der Waals surface area (Å²) in [6, 6.07) is 5.65. The van der Waals surface area contributed by atoms with Gasteiger partial charge in [-0.1, -0.05) is 0 Å². The maximum Gasteiger partial charge on any atom is 0.414 e. The fraction of sp³-hybridized carbons (Fsp3) is 0.462. The number of amides is 1. The number of anilines is 1. The Labute approximate surface area is 106 Å². The second kappa shape index (κ2) is 5.27. The molecule has 0 saturated carbocycles. The quantitative estimate of drug-likeness (QED) is 0.883. The van der Waals surface area contributed by atoms with E-state index in [1.54, 1.807) is 4.90 Å². The molecule has 0 unspecified atom stereocenters. The molecule has 1 aliphatic rings. The Morgan fingerprint density at radius 1 is 1.56 bits per heavy atom. The number of carbonyl (C=O) groups is 1.